The van der Waals surface area contributed by atoms with Crippen LogP contribution in [0.3, 0.4) is 0 Å². The van der Waals surface area contributed by atoms with Crippen LogP contribution in [0.5, 0.6) is 0 Å². The van der Waals surface area contributed by atoms with Crippen LogP contribution in [-0.2, 0) is 9.47 Å². The number of carbonyl (C=O) groups is 1. The van der Waals surface area contributed by atoms with Gasteiger partial charge in [0.2, 0.25) is 0 Å². The van der Waals surface area contributed by atoms with Crippen molar-refractivity contribution in [1.82, 2.24) is 0 Å². The lowest BCUT2D eigenvalue weighted by Crippen LogP contribution is -2.15. The van der Waals surface area contributed by atoms with Crippen molar-refractivity contribution < 1.29 is 19.4 Å². The second kappa shape index (κ2) is 13.7. The SMILES string of the molecule is CCCCC(CC)COC(=O)OCCCCCCO. The maximum atomic E-state index is 11.3. The molecule has 0 saturated heterocycles. The summed E-state index contributed by atoms with van der Waals surface area (Å²) in [7, 11) is 0. The van der Waals surface area contributed by atoms with Crippen molar-refractivity contribution in [3.63, 3.8) is 0 Å². The van der Waals surface area contributed by atoms with Gasteiger partial charge in [-0.25, -0.2) is 4.79 Å². The van der Waals surface area contributed by atoms with Crippen LogP contribution in [-0.4, -0.2) is 31.1 Å². The van der Waals surface area contributed by atoms with Crippen molar-refractivity contribution in [3.05, 3.63) is 0 Å². The summed E-state index contributed by atoms with van der Waals surface area (Å²) in [6.07, 6.45) is 7.57. The van der Waals surface area contributed by atoms with E-state index in [-0.39, 0.29) is 6.61 Å². The van der Waals surface area contributed by atoms with E-state index in [4.69, 9.17) is 14.6 Å². The predicted octanol–water partition coefficient (Wildman–Crippen LogP) is 3.91. The highest BCUT2D eigenvalue weighted by Crippen LogP contribution is 2.13. The van der Waals surface area contributed by atoms with Crippen molar-refractivity contribution in [2.45, 2.75) is 65.2 Å². The van der Waals surface area contributed by atoms with Gasteiger partial charge in [-0.15, -0.1) is 0 Å². The Balaban J connectivity index is 3.46. The highest BCUT2D eigenvalue weighted by molar-refractivity contribution is 5.59. The molecule has 0 bridgehead atoms. The molecule has 4 nitrogen and oxygen atoms in total. The Morgan fingerprint density at radius 3 is 2.42 bits per heavy atom. The van der Waals surface area contributed by atoms with Gasteiger partial charge in [-0.05, 0) is 31.6 Å². The first-order valence-corrected chi connectivity index (χ1v) is 7.64. The standard InChI is InChI=1S/C15H30O4/c1-3-5-10-14(4-2)13-19-15(17)18-12-9-7-6-8-11-16/h14,16H,3-13H2,1-2H3. The van der Waals surface area contributed by atoms with Crippen LogP contribution in [0.4, 0.5) is 4.79 Å². The highest BCUT2D eigenvalue weighted by atomic mass is 16.7. The van der Waals surface area contributed by atoms with Crippen LogP contribution in [0, 0.1) is 5.92 Å². The molecule has 1 N–H and O–H groups in total. The lowest BCUT2D eigenvalue weighted by atomic mass is 10.0. The molecule has 0 aliphatic carbocycles. The first-order chi connectivity index (χ1) is 9.24. The number of ether oxygens (including phenoxy) is 2. The van der Waals surface area contributed by atoms with Gasteiger partial charge in [-0.1, -0.05) is 39.5 Å². The van der Waals surface area contributed by atoms with Crippen molar-refractivity contribution >= 4 is 6.16 Å². The molecule has 0 amide bonds. The van der Waals surface area contributed by atoms with Crippen molar-refractivity contribution in [2.75, 3.05) is 19.8 Å². The number of aliphatic hydroxyl groups excluding tert-OH is 1. The molecule has 19 heavy (non-hydrogen) atoms. The molecule has 0 fully saturated rings. The van der Waals surface area contributed by atoms with Crippen molar-refractivity contribution in [1.29, 1.82) is 0 Å². The molecule has 0 rings (SSSR count). The number of carbonyl (C=O) groups excluding carboxylic acids is 1. The summed E-state index contributed by atoms with van der Waals surface area (Å²) in [5, 5.41) is 8.61. The van der Waals surface area contributed by atoms with Gasteiger partial charge in [0.15, 0.2) is 0 Å². The third kappa shape index (κ3) is 12.0. The summed E-state index contributed by atoms with van der Waals surface area (Å²) in [6.45, 7) is 5.41. The quantitative estimate of drug-likeness (QED) is 0.433. The summed E-state index contributed by atoms with van der Waals surface area (Å²) >= 11 is 0. The summed E-state index contributed by atoms with van der Waals surface area (Å²) in [6, 6.07) is 0. The molecule has 0 heterocycles. The van der Waals surface area contributed by atoms with E-state index in [0.29, 0.717) is 19.1 Å². The van der Waals surface area contributed by atoms with Gasteiger partial charge < -0.3 is 14.6 Å². The summed E-state index contributed by atoms with van der Waals surface area (Å²) in [5.74, 6) is 0.456. The Kier molecular flexibility index (Phi) is 13.1. The number of rotatable bonds is 12. The number of aliphatic hydroxyl groups is 1. The molecule has 0 aliphatic rings. The average Bonchev–Trinajstić information content (AvgIpc) is 2.43. The van der Waals surface area contributed by atoms with Crippen molar-refractivity contribution in [3.8, 4) is 0 Å². The second-order valence-corrected chi connectivity index (χ2v) is 4.96. The third-order valence-electron chi connectivity index (χ3n) is 3.25. The molecule has 114 valence electrons. The fraction of sp³-hybridized carbons (Fsp3) is 0.933. The molecule has 0 saturated carbocycles. The first-order valence-electron chi connectivity index (χ1n) is 7.64. The van der Waals surface area contributed by atoms with Crippen LogP contribution < -0.4 is 0 Å². The summed E-state index contributed by atoms with van der Waals surface area (Å²) in [4.78, 5) is 11.3. The summed E-state index contributed by atoms with van der Waals surface area (Å²) in [5.41, 5.74) is 0. The lowest BCUT2D eigenvalue weighted by molar-refractivity contribution is 0.0415. The number of unbranched alkanes of at least 4 members (excludes halogenated alkanes) is 4. The molecule has 0 radical (unpaired) electrons. The zero-order chi connectivity index (χ0) is 14.3. The largest absolute Gasteiger partial charge is 0.508 e. The van der Waals surface area contributed by atoms with Crippen LogP contribution in [0.1, 0.15) is 65.2 Å². The minimum absolute atomic E-state index is 0.235. The normalized spacial score (nSPS) is 12.2. The summed E-state index contributed by atoms with van der Waals surface area (Å²) < 4.78 is 10.1. The van der Waals surface area contributed by atoms with Crippen LogP contribution in [0.25, 0.3) is 0 Å². The Morgan fingerprint density at radius 2 is 1.79 bits per heavy atom. The van der Waals surface area contributed by atoms with E-state index in [0.717, 1.165) is 38.5 Å². The van der Waals surface area contributed by atoms with Gasteiger partial charge in [0.1, 0.15) is 0 Å². The van der Waals surface area contributed by atoms with E-state index in [2.05, 4.69) is 13.8 Å². The maximum Gasteiger partial charge on any atom is 0.508 e. The van der Waals surface area contributed by atoms with Crippen LogP contribution >= 0.6 is 0 Å². The second-order valence-electron chi connectivity index (χ2n) is 4.96. The van der Waals surface area contributed by atoms with Crippen LogP contribution in [0.15, 0.2) is 0 Å². The maximum absolute atomic E-state index is 11.3. The van der Waals surface area contributed by atoms with Gasteiger partial charge in [0, 0.05) is 6.61 Å². The minimum Gasteiger partial charge on any atom is -0.434 e. The molecule has 1 unspecified atom stereocenters. The molecular weight excluding hydrogens is 244 g/mol. The fourth-order valence-corrected chi connectivity index (χ4v) is 1.85. The molecule has 0 spiro atoms. The first kappa shape index (κ1) is 18.2. The van der Waals surface area contributed by atoms with Gasteiger partial charge in [0.25, 0.3) is 0 Å². The fourth-order valence-electron chi connectivity index (χ4n) is 1.85. The highest BCUT2D eigenvalue weighted by Gasteiger charge is 2.10. The zero-order valence-corrected chi connectivity index (χ0v) is 12.5. The van der Waals surface area contributed by atoms with Gasteiger partial charge in [-0.2, -0.15) is 0 Å². The molecular formula is C15H30O4. The van der Waals surface area contributed by atoms with Crippen LogP contribution in [0.2, 0.25) is 0 Å². The van der Waals surface area contributed by atoms with E-state index < -0.39 is 6.16 Å². The third-order valence-corrected chi connectivity index (χ3v) is 3.25. The molecule has 1 atom stereocenters. The molecule has 0 aliphatic heterocycles. The minimum atomic E-state index is -0.544. The predicted molar refractivity (Wildman–Crippen MR) is 76.2 cm³/mol. The monoisotopic (exact) mass is 274 g/mol. The zero-order valence-electron chi connectivity index (χ0n) is 12.5. The van der Waals surface area contributed by atoms with Gasteiger partial charge in [-0.3, -0.25) is 0 Å². The Bertz CT molecular complexity index is 206. The number of hydrogen-bond acceptors (Lipinski definition) is 4. The van der Waals surface area contributed by atoms with Gasteiger partial charge in [0.05, 0.1) is 13.2 Å². The van der Waals surface area contributed by atoms with Crippen molar-refractivity contribution in [2.24, 2.45) is 5.92 Å². The average molecular weight is 274 g/mol. The van der Waals surface area contributed by atoms with E-state index in [1.807, 2.05) is 0 Å². The van der Waals surface area contributed by atoms with E-state index in [1.165, 1.54) is 12.8 Å². The molecule has 0 aromatic carbocycles. The van der Waals surface area contributed by atoms with E-state index >= 15 is 0 Å². The van der Waals surface area contributed by atoms with Gasteiger partial charge >= 0.3 is 6.16 Å². The smallest absolute Gasteiger partial charge is 0.434 e. The van der Waals surface area contributed by atoms with E-state index in [9.17, 15) is 4.79 Å². The van der Waals surface area contributed by atoms with E-state index in [1.54, 1.807) is 0 Å². The molecule has 0 aromatic rings. The molecule has 4 heteroatoms. The Morgan fingerprint density at radius 1 is 1.05 bits per heavy atom. The number of hydrogen-bond donors (Lipinski definition) is 1. The Hall–Kier alpha value is -0.770. The Labute approximate surface area is 117 Å². The molecule has 0 aromatic heterocycles. The lowest BCUT2D eigenvalue weighted by Gasteiger charge is -2.14. The topological polar surface area (TPSA) is 55.8 Å².